The molecule has 16 heavy (non-hydrogen) atoms. The van der Waals surface area contributed by atoms with Gasteiger partial charge >= 0.3 is 0 Å². The Morgan fingerprint density at radius 1 is 1.31 bits per heavy atom. The van der Waals surface area contributed by atoms with Gasteiger partial charge in [-0.15, -0.1) is 11.3 Å². The Kier molecular flexibility index (Phi) is 3.93. The first-order valence-electron chi connectivity index (χ1n) is 5.15. The number of nitrogens with zero attached hydrogens (tertiary/aromatic N) is 1. The van der Waals surface area contributed by atoms with Crippen LogP contribution in [0.5, 0.6) is 0 Å². The summed E-state index contributed by atoms with van der Waals surface area (Å²) in [5.41, 5.74) is 1.18. The molecule has 0 unspecified atom stereocenters. The zero-order valence-corrected chi connectivity index (χ0v) is 10.6. The van der Waals surface area contributed by atoms with Crippen molar-refractivity contribution in [1.29, 1.82) is 0 Å². The summed E-state index contributed by atoms with van der Waals surface area (Å²) in [4.78, 5) is 5.60. The maximum Gasteiger partial charge on any atom is 0.0943 e. The van der Waals surface area contributed by atoms with Crippen LogP contribution in [0, 0.1) is 0 Å². The molecule has 4 heteroatoms. The van der Waals surface area contributed by atoms with Crippen LogP contribution in [0.15, 0.2) is 30.5 Å². The summed E-state index contributed by atoms with van der Waals surface area (Å²) in [6.07, 6.45) is 2.91. The number of thiazole rings is 1. The molecule has 1 N–H and O–H groups in total. The van der Waals surface area contributed by atoms with E-state index in [0.29, 0.717) is 0 Å². The van der Waals surface area contributed by atoms with Crippen LogP contribution >= 0.6 is 22.9 Å². The van der Waals surface area contributed by atoms with E-state index in [1.54, 1.807) is 11.3 Å². The maximum absolute atomic E-state index is 5.85. The van der Waals surface area contributed by atoms with E-state index in [1.807, 2.05) is 37.5 Å². The van der Waals surface area contributed by atoms with Crippen molar-refractivity contribution in [3.63, 3.8) is 0 Å². The van der Waals surface area contributed by atoms with Crippen LogP contribution < -0.4 is 5.32 Å². The van der Waals surface area contributed by atoms with Crippen molar-refractivity contribution in [2.24, 2.45) is 0 Å². The molecule has 0 saturated carbocycles. The van der Waals surface area contributed by atoms with Gasteiger partial charge in [0.15, 0.2) is 0 Å². The lowest BCUT2D eigenvalue weighted by Gasteiger charge is -1.96. The molecule has 0 bridgehead atoms. The zero-order valence-electron chi connectivity index (χ0n) is 9.03. The van der Waals surface area contributed by atoms with Gasteiger partial charge in [0, 0.05) is 24.2 Å². The topological polar surface area (TPSA) is 24.9 Å². The molecule has 2 nitrogen and oxygen atoms in total. The number of nitrogens with one attached hydrogen (secondary N) is 1. The molecule has 0 fully saturated rings. The first-order chi connectivity index (χ1) is 7.79. The number of benzene rings is 1. The van der Waals surface area contributed by atoms with Gasteiger partial charge in [-0.05, 0) is 24.7 Å². The molecule has 0 aliphatic carbocycles. The van der Waals surface area contributed by atoms with Crippen molar-refractivity contribution < 1.29 is 0 Å². The fraction of sp³-hybridized carbons (Fsp3) is 0.250. The van der Waals surface area contributed by atoms with Gasteiger partial charge < -0.3 is 5.32 Å². The van der Waals surface area contributed by atoms with Crippen LogP contribution in [0.25, 0.3) is 10.4 Å². The highest BCUT2D eigenvalue weighted by Gasteiger charge is 2.03. The van der Waals surface area contributed by atoms with Gasteiger partial charge in [-0.2, -0.15) is 0 Å². The average molecular weight is 253 g/mol. The highest BCUT2D eigenvalue weighted by molar-refractivity contribution is 7.15. The summed E-state index contributed by atoms with van der Waals surface area (Å²) in [7, 11) is 1.95. The summed E-state index contributed by atoms with van der Waals surface area (Å²) in [5.74, 6) is 0. The van der Waals surface area contributed by atoms with Crippen LogP contribution in [0.3, 0.4) is 0 Å². The van der Waals surface area contributed by atoms with Crippen molar-refractivity contribution in [3.8, 4) is 10.4 Å². The molecule has 0 amide bonds. The third-order valence-electron chi connectivity index (χ3n) is 2.27. The van der Waals surface area contributed by atoms with E-state index in [0.717, 1.165) is 18.0 Å². The smallest absolute Gasteiger partial charge is 0.0943 e. The van der Waals surface area contributed by atoms with E-state index >= 15 is 0 Å². The Bertz CT molecular complexity index is 450. The molecule has 2 aromatic rings. The van der Waals surface area contributed by atoms with Gasteiger partial charge in [-0.25, -0.2) is 4.98 Å². The minimum atomic E-state index is 0.767. The van der Waals surface area contributed by atoms with Gasteiger partial charge in [0.05, 0.1) is 9.88 Å². The second kappa shape index (κ2) is 5.43. The minimum absolute atomic E-state index is 0.767. The monoisotopic (exact) mass is 252 g/mol. The zero-order chi connectivity index (χ0) is 11.4. The molecule has 0 aliphatic rings. The van der Waals surface area contributed by atoms with E-state index in [4.69, 9.17) is 11.6 Å². The summed E-state index contributed by atoms with van der Waals surface area (Å²) >= 11 is 7.59. The van der Waals surface area contributed by atoms with Crippen molar-refractivity contribution >= 4 is 22.9 Å². The van der Waals surface area contributed by atoms with E-state index in [-0.39, 0.29) is 0 Å². The van der Waals surface area contributed by atoms with Crippen LogP contribution in [-0.4, -0.2) is 18.6 Å². The summed E-state index contributed by atoms with van der Waals surface area (Å²) in [5, 5.41) is 5.06. The maximum atomic E-state index is 5.85. The Labute approximate surface area is 104 Å². The fourth-order valence-electron chi connectivity index (χ4n) is 1.41. The molecule has 0 saturated heterocycles. The molecule has 1 aromatic carbocycles. The summed E-state index contributed by atoms with van der Waals surface area (Å²) in [6.45, 7) is 0.966. The molecule has 0 atom stereocenters. The lowest BCUT2D eigenvalue weighted by molar-refractivity contribution is 0.787. The molecule has 0 radical (unpaired) electrons. The van der Waals surface area contributed by atoms with E-state index in [9.17, 15) is 0 Å². The first-order valence-corrected chi connectivity index (χ1v) is 6.34. The number of hydrogen-bond acceptors (Lipinski definition) is 3. The van der Waals surface area contributed by atoms with Crippen molar-refractivity contribution in [2.75, 3.05) is 13.6 Å². The molecule has 0 aliphatic heterocycles. The van der Waals surface area contributed by atoms with Gasteiger partial charge in [0.1, 0.15) is 0 Å². The number of halogens is 1. The van der Waals surface area contributed by atoms with Crippen LogP contribution in [-0.2, 0) is 6.42 Å². The Morgan fingerprint density at radius 3 is 2.75 bits per heavy atom. The fourth-order valence-corrected chi connectivity index (χ4v) is 2.45. The number of hydrogen-bond donors (Lipinski definition) is 1. The van der Waals surface area contributed by atoms with Crippen molar-refractivity contribution in [1.82, 2.24) is 10.3 Å². The molecule has 1 aromatic heterocycles. The number of rotatable bonds is 4. The quantitative estimate of drug-likeness (QED) is 0.904. The Balaban J connectivity index is 2.15. The molecule has 0 spiro atoms. The third kappa shape index (κ3) is 2.82. The second-order valence-corrected chi connectivity index (χ2v) is 5.03. The van der Waals surface area contributed by atoms with Gasteiger partial charge in [0.2, 0.25) is 0 Å². The number of aromatic nitrogens is 1. The lowest BCUT2D eigenvalue weighted by atomic mass is 10.2. The van der Waals surface area contributed by atoms with Gasteiger partial charge in [-0.1, -0.05) is 23.7 Å². The lowest BCUT2D eigenvalue weighted by Crippen LogP contribution is -2.09. The minimum Gasteiger partial charge on any atom is -0.319 e. The third-order valence-corrected chi connectivity index (χ3v) is 3.63. The largest absolute Gasteiger partial charge is 0.319 e. The standard InChI is InChI=1S/C12H13ClN2S/c1-14-7-6-12-15-8-11(16-12)9-2-4-10(13)5-3-9/h2-5,8,14H,6-7H2,1H3. The normalized spacial score (nSPS) is 10.6. The second-order valence-electron chi connectivity index (χ2n) is 3.48. The molecular weight excluding hydrogens is 240 g/mol. The first kappa shape index (κ1) is 11.6. The van der Waals surface area contributed by atoms with Crippen molar-refractivity contribution in [2.45, 2.75) is 6.42 Å². The molecular formula is C12H13ClN2S. The predicted molar refractivity (Wildman–Crippen MR) is 70.2 cm³/mol. The summed E-state index contributed by atoms with van der Waals surface area (Å²) in [6, 6.07) is 7.86. The van der Waals surface area contributed by atoms with E-state index in [2.05, 4.69) is 10.3 Å². The van der Waals surface area contributed by atoms with Crippen LogP contribution in [0.4, 0.5) is 0 Å². The molecule has 84 valence electrons. The highest BCUT2D eigenvalue weighted by atomic mass is 35.5. The average Bonchev–Trinajstić information content (AvgIpc) is 2.76. The van der Waals surface area contributed by atoms with E-state index < -0.39 is 0 Å². The van der Waals surface area contributed by atoms with E-state index in [1.165, 1.54) is 15.4 Å². The van der Waals surface area contributed by atoms with Gasteiger partial charge in [0.25, 0.3) is 0 Å². The van der Waals surface area contributed by atoms with Crippen molar-refractivity contribution in [3.05, 3.63) is 40.5 Å². The Morgan fingerprint density at radius 2 is 2.06 bits per heavy atom. The highest BCUT2D eigenvalue weighted by Crippen LogP contribution is 2.27. The summed E-state index contributed by atoms with van der Waals surface area (Å²) < 4.78 is 0. The predicted octanol–water partition coefficient (Wildman–Crippen LogP) is 3.23. The number of likely N-dealkylation sites (N-methyl/N-ethyl adjacent to an activating group) is 1. The SMILES string of the molecule is CNCCc1ncc(-c2ccc(Cl)cc2)s1. The molecule has 2 rings (SSSR count). The Hall–Kier alpha value is -0.900. The van der Waals surface area contributed by atoms with Gasteiger partial charge in [-0.3, -0.25) is 0 Å². The van der Waals surface area contributed by atoms with Crippen LogP contribution in [0.1, 0.15) is 5.01 Å². The van der Waals surface area contributed by atoms with Crippen LogP contribution in [0.2, 0.25) is 5.02 Å². The molecule has 1 heterocycles.